The van der Waals surface area contributed by atoms with Crippen LogP contribution in [0.3, 0.4) is 0 Å². The highest BCUT2D eigenvalue weighted by Gasteiger charge is 2.01. The van der Waals surface area contributed by atoms with Crippen molar-refractivity contribution in [2.24, 2.45) is 5.10 Å². The van der Waals surface area contributed by atoms with E-state index in [4.69, 9.17) is 5.11 Å². The van der Waals surface area contributed by atoms with Crippen LogP contribution >= 0.6 is 0 Å². The van der Waals surface area contributed by atoms with Gasteiger partial charge in [-0.15, -0.1) is 0 Å². The van der Waals surface area contributed by atoms with Crippen molar-refractivity contribution in [1.29, 1.82) is 0 Å². The van der Waals surface area contributed by atoms with Crippen LogP contribution < -0.4 is 5.43 Å². The Hall–Kier alpha value is -1.84. The van der Waals surface area contributed by atoms with Gasteiger partial charge in [0.2, 0.25) is 5.91 Å². The number of carbonyl (C=O) groups is 1. The quantitative estimate of drug-likeness (QED) is 0.462. The van der Waals surface area contributed by atoms with Gasteiger partial charge in [-0.05, 0) is 43.2 Å². The largest absolute Gasteiger partial charge is 0.508 e. The molecule has 0 atom stereocenters. The Kier molecular flexibility index (Phi) is 5.91. The van der Waals surface area contributed by atoms with Crippen molar-refractivity contribution in [1.82, 2.24) is 5.43 Å². The molecule has 0 aromatic heterocycles. The number of hydrogen-bond donors (Lipinski definition) is 2. The fourth-order valence-corrected chi connectivity index (χ4v) is 1.50. The zero-order valence-corrected chi connectivity index (χ0v) is 10.9. The maximum Gasteiger partial charge on any atom is 0.240 e. The van der Waals surface area contributed by atoms with E-state index in [0.717, 1.165) is 30.5 Å². The summed E-state index contributed by atoms with van der Waals surface area (Å²) in [5, 5.41) is 13.2. The molecule has 0 radical (unpaired) electrons. The first-order valence-corrected chi connectivity index (χ1v) is 6.26. The molecule has 4 nitrogen and oxygen atoms in total. The van der Waals surface area contributed by atoms with Crippen LogP contribution in [0.25, 0.3) is 0 Å². The van der Waals surface area contributed by atoms with Gasteiger partial charge in [0.1, 0.15) is 5.75 Å². The maximum absolute atomic E-state index is 11.4. The number of carbonyl (C=O) groups excluding carboxylic acids is 1. The van der Waals surface area contributed by atoms with E-state index in [9.17, 15) is 4.79 Å². The molecule has 0 fully saturated rings. The van der Waals surface area contributed by atoms with Gasteiger partial charge in [0.15, 0.2) is 0 Å². The molecule has 1 amide bonds. The lowest BCUT2D eigenvalue weighted by Gasteiger charge is -2.03. The van der Waals surface area contributed by atoms with Gasteiger partial charge in [-0.25, -0.2) is 5.43 Å². The van der Waals surface area contributed by atoms with E-state index < -0.39 is 0 Å². The third-order valence-electron chi connectivity index (χ3n) is 2.64. The van der Waals surface area contributed by atoms with Crippen LogP contribution in [0.4, 0.5) is 0 Å². The van der Waals surface area contributed by atoms with Gasteiger partial charge in [-0.3, -0.25) is 4.79 Å². The zero-order valence-electron chi connectivity index (χ0n) is 10.9. The molecule has 1 aromatic rings. The lowest BCUT2D eigenvalue weighted by molar-refractivity contribution is -0.121. The van der Waals surface area contributed by atoms with Crippen LogP contribution in [0.2, 0.25) is 0 Å². The summed E-state index contributed by atoms with van der Waals surface area (Å²) in [7, 11) is 0. The number of phenolic OH excluding ortho intramolecular Hbond substituents is 1. The summed E-state index contributed by atoms with van der Waals surface area (Å²) in [5.74, 6) is 0.164. The van der Waals surface area contributed by atoms with E-state index in [1.54, 1.807) is 24.3 Å². The van der Waals surface area contributed by atoms with Crippen LogP contribution in [0, 0.1) is 0 Å². The van der Waals surface area contributed by atoms with Gasteiger partial charge in [0, 0.05) is 6.42 Å². The average Bonchev–Trinajstić information content (AvgIpc) is 2.37. The van der Waals surface area contributed by atoms with Gasteiger partial charge < -0.3 is 5.11 Å². The molecule has 1 aromatic carbocycles. The maximum atomic E-state index is 11.4. The number of aromatic hydroxyl groups is 1. The molecule has 0 unspecified atom stereocenters. The Morgan fingerprint density at radius 1 is 1.28 bits per heavy atom. The minimum atomic E-state index is -0.0541. The summed E-state index contributed by atoms with van der Waals surface area (Å²) in [5.41, 5.74) is 4.14. The monoisotopic (exact) mass is 248 g/mol. The normalized spacial score (nSPS) is 11.3. The van der Waals surface area contributed by atoms with Crippen LogP contribution in [0.1, 0.15) is 45.1 Å². The second kappa shape index (κ2) is 7.48. The molecule has 18 heavy (non-hydrogen) atoms. The Morgan fingerprint density at radius 3 is 2.56 bits per heavy atom. The number of unbranched alkanes of at least 4 members (excludes halogenated alkanes) is 2. The molecule has 0 aliphatic rings. The smallest absolute Gasteiger partial charge is 0.240 e. The number of rotatable bonds is 6. The molecule has 0 heterocycles. The van der Waals surface area contributed by atoms with E-state index in [1.165, 1.54) is 0 Å². The first kappa shape index (κ1) is 14.2. The Labute approximate surface area is 108 Å². The number of amides is 1. The molecular weight excluding hydrogens is 228 g/mol. The molecule has 0 aliphatic heterocycles. The number of nitrogens with zero attached hydrogens (tertiary/aromatic N) is 1. The first-order chi connectivity index (χ1) is 8.63. The Morgan fingerprint density at radius 2 is 1.94 bits per heavy atom. The summed E-state index contributed by atoms with van der Waals surface area (Å²) in [6.45, 7) is 3.92. The lowest BCUT2D eigenvalue weighted by atomic mass is 10.1. The predicted molar refractivity (Wildman–Crippen MR) is 72.6 cm³/mol. The highest BCUT2D eigenvalue weighted by Crippen LogP contribution is 2.10. The van der Waals surface area contributed by atoms with Crippen molar-refractivity contribution in [3.8, 4) is 5.75 Å². The Balaban J connectivity index is 2.46. The molecule has 0 aliphatic carbocycles. The predicted octanol–water partition coefficient (Wildman–Crippen LogP) is 2.81. The second-order valence-electron chi connectivity index (χ2n) is 4.24. The summed E-state index contributed by atoms with van der Waals surface area (Å²) in [6.07, 6.45) is 3.58. The number of hydrazone groups is 1. The fraction of sp³-hybridized carbons (Fsp3) is 0.429. The highest BCUT2D eigenvalue weighted by molar-refractivity contribution is 5.99. The van der Waals surface area contributed by atoms with Crippen LogP contribution in [-0.2, 0) is 4.79 Å². The Bertz CT molecular complexity index is 410. The first-order valence-electron chi connectivity index (χ1n) is 6.26. The molecule has 0 saturated carbocycles. The highest BCUT2D eigenvalue weighted by atomic mass is 16.3. The lowest BCUT2D eigenvalue weighted by Crippen LogP contribution is -2.18. The fourth-order valence-electron chi connectivity index (χ4n) is 1.50. The molecule has 0 spiro atoms. The molecule has 0 saturated heterocycles. The topological polar surface area (TPSA) is 61.7 Å². The van der Waals surface area contributed by atoms with Crippen molar-refractivity contribution in [2.45, 2.75) is 39.5 Å². The van der Waals surface area contributed by atoms with Crippen LogP contribution in [0.5, 0.6) is 5.75 Å². The van der Waals surface area contributed by atoms with Crippen LogP contribution in [-0.4, -0.2) is 16.7 Å². The van der Waals surface area contributed by atoms with Gasteiger partial charge >= 0.3 is 0 Å². The molecule has 0 bridgehead atoms. The number of hydrogen-bond acceptors (Lipinski definition) is 3. The molecule has 98 valence electrons. The molecule has 2 N–H and O–H groups in total. The van der Waals surface area contributed by atoms with E-state index in [2.05, 4.69) is 17.5 Å². The van der Waals surface area contributed by atoms with E-state index in [-0.39, 0.29) is 11.7 Å². The minimum absolute atomic E-state index is 0.0541. The molecule has 4 heteroatoms. The number of phenols is 1. The average molecular weight is 248 g/mol. The summed E-state index contributed by atoms with van der Waals surface area (Å²) >= 11 is 0. The number of nitrogens with one attached hydrogen (secondary N) is 1. The van der Waals surface area contributed by atoms with E-state index in [0.29, 0.717) is 6.42 Å². The third kappa shape index (κ3) is 4.99. The molecular formula is C14H20N2O2. The zero-order chi connectivity index (χ0) is 13.4. The number of benzene rings is 1. The van der Waals surface area contributed by atoms with Crippen molar-refractivity contribution in [2.75, 3.05) is 0 Å². The minimum Gasteiger partial charge on any atom is -0.508 e. The summed E-state index contributed by atoms with van der Waals surface area (Å²) in [4.78, 5) is 11.4. The van der Waals surface area contributed by atoms with Crippen molar-refractivity contribution < 1.29 is 9.90 Å². The van der Waals surface area contributed by atoms with E-state index in [1.807, 2.05) is 6.92 Å². The van der Waals surface area contributed by atoms with Gasteiger partial charge in [0.25, 0.3) is 0 Å². The van der Waals surface area contributed by atoms with Crippen LogP contribution in [0.15, 0.2) is 29.4 Å². The molecule has 1 rings (SSSR count). The van der Waals surface area contributed by atoms with Crippen molar-refractivity contribution >= 4 is 11.6 Å². The second-order valence-corrected chi connectivity index (χ2v) is 4.24. The van der Waals surface area contributed by atoms with Gasteiger partial charge in [-0.2, -0.15) is 5.10 Å². The van der Waals surface area contributed by atoms with Gasteiger partial charge in [0.05, 0.1) is 5.71 Å². The van der Waals surface area contributed by atoms with Gasteiger partial charge in [-0.1, -0.05) is 19.8 Å². The van der Waals surface area contributed by atoms with Crippen molar-refractivity contribution in [3.63, 3.8) is 0 Å². The van der Waals surface area contributed by atoms with Crippen molar-refractivity contribution in [3.05, 3.63) is 29.8 Å². The summed E-state index contributed by atoms with van der Waals surface area (Å²) in [6, 6.07) is 6.71. The standard InChI is InChI=1S/C14H20N2O2/c1-3-4-5-6-14(18)16-15-11(2)12-7-9-13(17)10-8-12/h7-10,17H,3-6H2,1-2H3,(H,16,18)/b15-11-. The third-order valence-corrected chi connectivity index (χ3v) is 2.64. The summed E-state index contributed by atoms with van der Waals surface area (Å²) < 4.78 is 0. The van der Waals surface area contributed by atoms with E-state index >= 15 is 0 Å². The SMILES string of the molecule is CCCCCC(=O)N/N=C(/C)c1ccc(O)cc1.